The van der Waals surface area contributed by atoms with Crippen molar-refractivity contribution in [2.75, 3.05) is 0 Å². The average molecular weight is 189 g/mol. The van der Waals surface area contributed by atoms with E-state index in [0.29, 0.717) is 5.56 Å². The third-order valence-electron chi connectivity index (χ3n) is 1.75. The maximum absolute atomic E-state index is 10.5. The van der Waals surface area contributed by atoms with Gasteiger partial charge in [0.1, 0.15) is 0 Å². The molecule has 0 saturated carbocycles. The Morgan fingerprint density at radius 2 is 2.23 bits per heavy atom. The lowest BCUT2D eigenvalue weighted by atomic mass is 10.1. The van der Waals surface area contributed by atoms with Crippen molar-refractivity contribution in [3.05, 3.63) is 40.8 Å². The van der Waals surface area contributed by atoms with E-state index in [0.717, 1.165) is 17.4 Å². The van der Waals surface area contributed by atoms with Gasteiger partial charge >= 0.3 is 0 Å². The Balaban J connectivity index is 2.47. The van der Waals surface area contributed by atoms with Crippen LogP contribution in [0.15, 0.2) is 35.3 Å². The predicted molar refractivity (Wildman–Crippen MR) is 52.9 cm³/mol. The maximum atomic E-state index is 10.5. The molecule has 0 atom stereocenters. The number of thiophene rings is 1. The summed E-state index contributed by atoms with van der Waals surface area (Å²) < 4.78 is 0. The second-order valence-corrected chi connectivity index (χ2v) is 3.42. The number of aromatic nitrogens is 1. The van der Waals surface area contributed by atoms with Crippen molar-refractivity contribution in [3.8, 4) is 11.1 Å². The number of rotatable bonds is 2. The van der Waals surface area contributed by atoms with Crippen LogP contribution in [0, 0.1) is 0 Å². The molecular weight excluding hydrogens is 182 g/mol. The van der Waals surface area contributed by atoms with Gasteiger partial charge in [-0.2, -0.15) is 11.3 Å². The van der Waals surface area contributed by atoms with Crippen molar-refractivity contribution in [1.82, 2.24) is 4.98 Å². The van der Waals surface area contributed by atoms with Gasteiger partial charge in [-0.3, -0.25) is 9.78 Å². The van der Waals surface area contributed by atoms with Gasteiger partial charge in [0, 0.05) is 23.5 Å². The Hall–Kier alpha value is -1.48. The van der Waals surface area contributed by atoms with Crippen molar-refractivity contribution < 1.29 is 4.79 Å². The summed E-state index contributed by atoms with van der Waals surface area (Å²) in [6, 6.07) is 3.85. The molecule has 13 heavy (non-hydrogen) atoms. The summed E-state index contributed by atoms with van der Waals surface area (Å²) in [5.74, 6) is 0. The number of pyridine rings is 1. The fraction of sp³-hybridized carbons (Fsp3) is 0. The van der Waals surface area contributed by atoms with Crippen molar-refractivity contribution in [3.63, 3.8) is 0 Å². The van der Waals surface area contributed by atoms with Crippen LogP contribution in [0.3, 0.4) is 0 Å². The number of hydrogen-bond acceptors (Lipinski definition) is 3. The monoisotopic (exact) mass is 189 g/mol. The molecule has 0 bridgehead atoms. The maximum Gasteiger partial charge on any atom is 0.151 e. The molecule has 0 aliphatic carbocycles. The normalized spacial score (nSPS) is 9.85. The van der Waals surface area contributed by atoms with Crippen LogP contribution in [0.1, 0.15) is 10.4 Å². The van der Waals surface area contributed by atoms with Crippen LogP contribution in [0.4, 0.5) is 0 Å². The summed E-state index contributed by atoms with van der Waals surface area (Å²) in [7, 11) is 0. The molecular formula is C10H7NOS. The number of nitrogens with zero attached hydrogens (tertiary/aromatic N) is 1. The summed E-state index contributed by atoms with van der Waals surface area (Å²) in [5.41, 5.74) is 2.72. The summed E-state index contributed by atoms with van der Waals surface area (Å²) in [5, 5.41) is 4.04. The molecule has 2 aromatic heterocycles. The molecule has 2 nitrogen and oxygen atoms in total. The van der Waals surface area contributed by atoms with Crippen LogP contribution >= 0.6 is 11.3 Å². The summed E-state index contributed by atoms with van der Waals surface area (Å²) in [4.78, 5) is 14.5. The molecule has 0 unspecified atom stereocenters. The highest BCUT2D eigenvalue weighted by atomic mass is 32.1. The zero-order chi connectivity index (χ0) is 9.10. The zero-order valence-corrected chi connectivity index (χ0v) is 7.62. The summed E-state index contributed by atoms with van der Waals surface area (Å²) in [6.45, 7) is 0. The highest BCUT2D eigenvalue weighted by molar-refractivity contribution is 7.08. The highest BCUT2D eigenvalue weighted by Crippen LogP contribution is 2.21. The van der Waals surface area contributed by atoms with Gasteiger partial charge in [-0.1, -0.05) is 0 Å². The lowest BCUT2D eigenvalue weighted by molar-refractivity contribution is 0.112. The second-order valence-electron chi connectivity index (χ2n) is 2.64. The Bertz CT molecular complexity index is 409. The number of aldehydes is 1. The molecule has 2 aromatic rings. The molecule has 0 aliphatic heterocycles. The summed E-state index contributed by atoms with van der Waals surface area (Å²) >= 11 is 1.63. The summed E-state index contributed by atoms with van der Waals surface area (Å²) in [6.07, 6.45) is 4.13. The Morgan fingerprint density at radius 3 is 2.92 bits per heavy atom. The van der Waals surface area contributed by atoms with E-state index in [-0.39, 0.29) is 0 Å². The minimum absolute atomic E-state index is 0.615. The fourth-order valence-electron chi connectivity index (χ4n) is 1.11. The van der Waals surface area contributed by atoms with Crippen LogP contribution in [0.25, 0.3) is 11.1 Å². The minimum Gasteiger partial charge on any atom is -0.298 e. The molecule has 0 fully saturated rings. The number of hydrogen-bond donors (Lipinski definition) is 0. The molecule has 3 heteroatoms. The first-order chi connectivity index (χ1) is 6.40. The van der Waals surface area contributed by atoms with Crippen molar-refractivity contribution >= 4 is 17.6 Å². The molecule has 0 N–H and O–H groups in total. The van der Waals surface area contributed by atoms with E-state index in [1.807, 2.05) is 22.9 Å². The van der Waals surface area contributed by atoms with Gasteiger partial charge in [-0.25, -0.2) is 0 Å². The molecule has 0 aliphatic rings. The van der Waals surface area contributed by atoms with E-state index in [9.17, 15) is 4.79 Å². The fourth-order valence-corrected chi connectivity index (χ4v) is 1.77. The lowest BCUT2D eigenvalue weighted by Crippen LogP contribution is -1.83. The standard InChI is InChI=1S/C10H7NOS/c12-6-8-3-10(5-11-4-8)9-1-2-13-7-9/h1-7H. The van der Waals surface area contributed by atoms with E-state index in [2.05, 4.69) is 4.98 Å². The first kappa shape index (κ1) is 8.13. The molecule has 0 saturated heterocycles. The van der Waals surface area contributed by atoms with Gasteiger partial charge in [0.05, 0.1) is 0 Å². The van der Waals surface area contributed by atoms with Gasteiger partial charge in [0.25, 0.3) is 0 Å². The molecule has 64 valence electrons. The van der Waals surface area contributed by atoms with Crippen LogP contribution in [-0.2, 0) is 0 Å². The lowest BCUT2D eigenvalue weighted by Gasteiger charge is -1.96. The molecule has 2 heterocycles. The molecule has 0 amide bonds. The van der Waals surface area contributed by atoms with Gasteiger partial charge in [0.15, 0.2) is 6.29 Å². The van der Waals surface area contributed by atoms with Gasteiger partial charge in [0.2, 0.25) is 0 Å². The van der Waals surface area contributed by atoms with E-state index < -0.39 is 0 Å². The Labute approximate surface area is 79.9 Å². The van der Waals surface area contributed by atoms with Gasteiger partial charge < -0.3 is 0 Å². The van der Waals surface area contributed by atoms with Crippen molar-refractivity contribution in [2.45, 2.75) is 0 Å². The second kappa shape index (κ2) is 3.49. The van der Waals surface area contributed by atoms with Crippen molar-refractivity contribution in [2.24, 2.45) is 0 Å². The van der Waals surface area contributed by atoms with E-state index in [1.54, 1.807) is 23.7 Å². The Kier molecular flexibility index (Phi) is 2.19. The first-order valence-electron chi connectivity index (χ1n) is 3.83. The smallest absolute Gasteiger partial charge is 0.151 e. The number of carbonyl (C=O) groups is 1. The van der Waals surface area contributed by atoms with Crippen LogP contribution in [0.5, 0.6) is 0 Å². The zero-order valence-electron chi connectivity index (χ0n) is 6.81. The van der Waals surface area contributed by atoms with E-state index in [4.69, 9.17) is 0 Å². The van der Waals surface area contributed by atoms with Crippen LogP contribution in [0.2, 0.25) is 0 Å². The Morgan fingerprint density at radius 1 is 1.31 bits per heavy atom. The third-order valence-corrected chi connectivity index (χ3v) is 2.43. The van der Waals surface area contributed by atoms with E-state index >= 15 is 0 Å². The van der Waals surface area contributed by atoms with Crippen molar-refractivity contribution in [1.29, 1.82) is 0 Å². The third kappa shape index (κ3) is 1.65. The van der Waals surface area contributed by atoms with E-state index in [1.165, 1.54) is 0 Å². The SMILES string of the molecule is O=Cc1cncc(-c2ccsc2)c1. The molecule has 0 radical (unpaired) electrons. The first-order valence-corrected chi connectivity index (χ1v) is 4.77. The highest BCUT2D eigenvalue weighted by Gasteiger charge is 1.98. The minimum atomic E-state index is 0.615. The largest absolute Gasteiger partial charge is 0.298 e. The predicted octanol–water partition coefficient (Wildman–Crippen LogP) is 2.62. The average Bonchev–Trinajstić information content (AvgIpc) is 2.71. The van der Waals surface area contributed by atoms with Crippen LogP contribution < -0.4 is 0 Å². The topological polar surface area (TPSA) is 30.0 Å². The number of carbonyl (C=O) groups excluding carboxylic acids is 1. The quantitative estimate of drug-likeness (QED) is 0.680. The molecule has 0 aromatic carbocycles. The van der Waals surface area contributed by atoms with Crippen LogP contribution in [-0.4, -0.2) is 11.3 Å². The molecule has 2 rings (SSSR count). The van der Waals surface area contributed by atoms with Gasteiger partial charge in [-0.15, -0.1) is 0 Å². The van der Waals surface area contributed by atoms with Gasteiger partial charge in [-0.05, 0) is 28.5 Å². The molecule has 0 spiro atoms.